The molecule has 15 heavy (non-hydrogen) atoms. The molecular weight excluding hydrogens is 204 g/mol. The molecule has 0 saturated heterocycles. The van der Waals surface area contributed by atoms with Crippen LogP contribution >= 0.6 is 0 Å². The average molecular weight is 226 g/mol. The molecule has 1 heterocycles. The van der Waals surface area contributed by atoms with Crippen molar-refractivity contribution in [3.8, 4) is 0 Å². The third kappa shape index (κ3) is 2.92. The third-order valence-electron chi connectivity index (χ3n) is 3.23. The minimum absolute atomic E-state index is 0.105. The van der Waals surface area contributed by atoms with E-state index in [1.54, 1.807) is 6.33 Å². The molecule has 3 nitrogen and oxygen atoms in total. The minimum Gasteiger partial charge on any atom is -0.409 e. The SMILES string of the molecule is CC(O[Si](C)(C)C(C)(C)C)c1cnc[nH]1. The highest BCUT2D eigenvalue weighted by atomic mass is 28.4. The van der Waals surface area contributed by atoms with Gasteiger partial charge in [-0.15, -0.1) is 0 Å². The van der Waals surface area contributed by atoms with E-state index in [1.807, 2.05) is 6.20 Å². The van der Waals surface area contributed by atoms with E-state index in [4.69, 9.17) is 4.43 Å². The Balaban J connectivity index is 2.70. The first-order valence-electron chi connectivity index (χ1n) is 5.40. The van der Waals surface area contributed by atoms with Gasteiger partial charge < -0.3 is 9.41 Å². The second-order valence-corrected chi connectivity index (χ2v) is 10.3. The van der Waals surface area contributed by atoms with Crippen molar-refractivity contribution in [3.05, 3.63) is 18.2 Å². The molecule has 0 aliphatic heterocycles. The quantitative estimate of drug-likeness (QED) is 0.801. The molecule has 0 saturated carbocycles. The molecule has 1 aromatic rings. The normalized spacial score (nSPS) is 15.3. The van der Waals surface area contributed by atoms with Gasteiger partial charge in [0, 0.05) is 0 Å². The van der Waals surface area contributed by atoms with Gasteiger partial charge in [0.2, 0.25) is 0 Å². The van der Waals surface area contributed by atoms with Gasteiger partial charge in [0.25, 0.3) is 0 Å². The molecule has 0 amide bonds. The van der Waals surface area contributed by atoms with Gasteiger partial charge in [-0.1, -0.05) is 20.8 Å². The molecule has 1 rings (SSSR count). The maximum absolute atomic E-state index is 6.21. The Morgan fingerprint density at radius 1 is 1.40 bits per heavy atom. The highest BCUT2D eigenvalue weighted by molar-refractivity contribution is 6.74. The summed E-state index contributed by atoms with van der Waals surface area (Å²) in [6.07, 6.45) is 3.63. The molecule has 0 fully saturated rings. The lowest BCUT2D eigenvalue weighted by atomic mass is 10.2. The molecule has 1 aromatic heterocycles. The second kappa shape index (κ2) is 4.10. The standard InChI is InChI=1S/C11H22N2OSi/c1-9(10-7-12-8-13-10)14-15(5,6)11(2,3)4/h7-9H,1-6H3,(H,12,13). The number of hydrogen-bond donors (Lipinski definition) is 1. The zero-order chi connectivity index (χ0) is 11.7. The van der Waals surface area contributed by atoms with Crippen molar-refractivity contribution < 1.29 is 4.43 Å². The van der Waals surface area contributed by atoms with Crippen molar-refractivity contribution >= 4 is 8.32 Å². The summed E-state index contributed by atoms with van der Waals surface area (Å²) in [5.74, 6) is 0. The van der Waals surface area contributed by atoms with E-state index in [2.05, 4.69) is 50.8 Å². The molecule has 0 radical (unpaired) electrons. The lowest BCUT2D eigenvalue weighted by Gasteiger charge is -2.38. The number of rotatable bonds is 3. The van der Waals surface area contributed by atoms with Gasteiger partial charge in [0.05, 0.1) is 24.3 Å². The molecule has 0 aliphatic carbocycles. The van der Waals surface area contributed by atoms with Gasteiger partial charge in [-0.25, -0.2) is 4.98 Å². The van der Waals surface area contributed by atoms with Crippen LogP contribution in [0.5, 0.6) is 0 Å². The smallest absolute Gasteiger partial charge is 0.192 e. The van der Waals surface area contributed by atoms with Crippen LogP contribution in [-0.4, -0.2) is 18.3 Å². The van der Waals surface area contributed by atoms with Crippen LogP contribution < -0.4 is 0 Å². The summed E-state index contributed by atoms with van der Waals surface area (Å²) < 4.78 is 6.21. The highest BCUT2D eigenvalue weighted by Gasteiger charge is 2.38. The van der Waals surface area contributed by atoms with E-state index in [0.29, 0.717) is 0 Å². The summed E-state index contributed by atoms with van der Waals surface area (Å²) in [7, 11) is -1.67. The van der Waals surface area contributed by atoms with Gasteiger partial charge >= 0.3 is 0 Å². The number of hydrogen-bond acceptors (Lipinski definition) is 2. The Labute approximate surface area is 93.4 Å². The van der Waals surface area contributed by atoms with Crippen LogP contribution in [0.1, 0.15) is 39.5 Å². The molecule has 86 valence electrons. The Morgan fingerprint density at radius 3 is 2.40 bits per heavy atom. The van der Waals surface area contributed by atoms with E-state index in [1.165, 1.54) is 0 Å². The maximum Gasteiger partial charge on any atom is 0.192 e. The summed E-state index contributed by atoms with van der Waals surface area (Å²) in [6.45, 7) is 13.4. The monoisotopic (exact) mass is 226 g/mol. The average Bonchev–Trinajstić information content (AvgIpc) is 2.51. The first-order valence-corrected chi connectivity index (χ1v) is 8.31. The van der Waals surface area contributed by atoms with Crippen molar-refractivity contribution in [2.45, 2.75) is 51.9 Å². The predicted molar refractivity (Wildman–Crippen MR) is 65.3 cm³/mol. The number of nitrogens with one attached hydrogen (secondary N) is 1. The van der Waals surface area contributed by atoms with E-state index in [9.17, 15) is 0 Å². The number of aromatic amines is 1. The van der Waals surface area contributed by atoms with Gasteiger partial charge in [-0.05, 0) is 25.1 Å². The van der Waals surface area contributed by atoms with E-state index in [-0.39, 0.29) is 11.1 Å². The second-order valence-electron chi connectivity index (χ2n) is 5.53. The molecule has 1 N–H and O–H groups in total. The van der Waals surface area contributed by atoms with Crippen LogP contribution in [0.4, 0.5) is 0 Å². The lowest BCUT2D eigenvalue weighted by molar-refractivity contribution is 0.199. The van der Waals surface area contributed by atoms with E-state index >= 15 is 0 Å². The highest BCUT2D eigenvalue weighted by Crippen LogP contribution is 2.39. The summed E-state index contributed by atoms with van der Waals surface area (Å²) in [5.41, 5.74) is 1.06. The zero-order valence-electron chi connectivity index (χ0n) is 10.6. The fraction of sp³-hybridized carbons (Fsp3) is 0.727. The number of aromatic nitrogens is 2. The summed E-state index contributed by atoms with van der Waals surface area (Å²) in [4.78, 5) is 7.11. The Bertz CT molecular complexity index is 301. The van der Waals surface area contributed by atoms with Gasteiger partial charge in [0.1, 0.15) is 0 Å². The van der Waals surface area contributed by atoms with Crippen molar-refractivity contribution in [2.24, 2.45) is 0 Å². The summed E-state index contributed by atoms with van der Waals surface area (Å²) in [6, 6.07) is 0. The lowest BCUT2D eigenvalue weighted by Crippen LogP contribution is -2.41. The fourth-order valence-electron chi connectivity index (χ4n) is 1.17. The molecule has 0 aliphatic rings. The van der Waals surface area contributed by atoms with Crippen LogP contribution in [0.15, 0.2) is 12.5 Å². The molecule has 0 aromatic carbocycles. The van der Waals surface area contributed by atoms with Gasteiger partial charge in [-0.3, -0.25) is 0 Å². The topological polar surface area (TPSA) is 37.9 Å². The third-order valence-corrected chi connectivity index (χ3v) is 7.79. The molecule has 0 spiro atoms. The zero-order valence-corrected chi connectivity index (χ0v) is 11.6. The minimum atomic E-state index is -1.67. The summed E-state index contributed by atoms with van der Waals surface area (Å²) >= 11 is 0. The van der Waals surface area contributed by atoms with E-state index in [0.717, 1.165) is 5.69 Å². The molecule has 1 unspecified atom stereocenters. The van der Waals surface area contributed by atoms with Crippen LogP contribution in [0.3, 0.4) is 0 Å². The van der Waals surface area contributed by atoms with Gasteiger partial charge in [-0.2, -0.15) is 0 Å². The number of imidazole rings is 1. The number of nitrogens with zero attached hydrogens (tertiary/aromatic N) is 1. The maximum atomic E-state index is 6.21. The van der Waals surface area contributed by atoms with Crippen molar-refractivity contribution in [1.29, 1.82) is 0 Å². The molecule has 0 bridgehead atoms. The fourth-order valence-corrected chi connectivity index (χ4v) is 2.54. The van der Waals surface area contributed by atoms with Gasteiger partial charge in [0.15, 0.2) is 8.32 Å². The molecule has 4 heteroatoms. The predicted octanol–water partition coefficient (Wildman–Crippen LogP) is 3.49. The Kier molecular flexibility index (Phi) is 3.40. The largest absolute Gasteiger partial charge is 0.409 e. The number of H-pyrrole nitrogens is 1. The first kappa shape index (κ1) is 12.5. The Hall–Kier alpha value is -0.613. The van der Waals surface area contributed by atoms with Crippen LogP contribution in [0.25, 0.3) is 0 Å². The Morgan fingerprint density at radius 2 is 2.00 bits per heavy atom. The van der Waals surface area contributed by atoms with Crippen LogP contribution in [-0.2, 0) is 4.43 Å². The first-order chi connectivity index (χ1) is 6.74. The van der Waals surface area contributed by atoms with Crippen molar-refractivity contribution in [3.63, 3.8) is 0 Å². The van der Waals surface area contributed by atoms with Crippen molar-refractivity contribution in [2.75, 3.05) is 0 Å². The van der Waals surface area contributed by atoms with Crippen LogP contribution in [0, 0.1) is 0 Å². The van der Waals surface area contributed by atoms with Crippen molar-refractivity contribution in [1.82, 2.24) is 9.97 Å². The van der Waals surface area contributed by atoms with E-state index < -0.39 is 8.32 Å². The summed E-state index contributed by atoms with van der Waals surface area (Å²) in [5, 5.41) is 0.251. The molecular formula is C11H22N2OSi. The molecule has 1 atom stereocenters. The van der Waals surface area contributed by atoms with Crippen LogP contribution in [0.2, 0.25) is 18.1 Å².